The first-order chi connectivity index (χ1) is 12.9. The predicted octanol–water partition coefficient (Wildman–Crippen LogP) is 2.72. The molecule has 2 aromatic rings. The molecule has 3 heterocycles. The highest BCUT2D eigenvalue weighted by molar-refractivity contribution is 7.18. The average molecular weight is 389 g/mol. The lowest BCUT2D eigenvalue weighted by atomic mass is 9.89. The minimum Gasteiger partial charge on any atom is -0.347 e. The number of carbonyl (C=O) groups excluding carboxylic acids is 1. The summed E-state index contributed by atoms with van der Waals surface area (Å²) in [5, 5.41) is 0.792. The van der Waals surface area contributed by atoms with Gasteiger partial charge in [0.2, 0.25) is 5.91 Å². The summed E-state index contributed by atoms with van der Waals surface area (Å²) in [6.07, 6.45) is 5.01. The topological polar surface area (TPSA) is 69.3 Å². The molecule has 2 aliphatic rings. The third-order valence-corrected chi connectivity index (χ3v) is 7.25. The highest BCUT2D eigenvalue weighted by atomic mass is 32.1. The van der Waals surface area contributed by atoms with E-state index in [0.29, 0.717) is 11.7 Å². The minimum atomic E-state index is -0.131. The lowest BCUT2D eigenvalue weighted by Crippen LogP contribution is -2.44. The van der Waals surface area contributed by atoms with Crippen LogP contribution in [0.25, 0.3) is 10.2 Å². The zero-order chi connectivity index (χ0) is 19.3. The second-order valence-corrected chi connectivity index (χ2v) is 9.37. The Kier molecular flexibility index (Phi) is 4.84. The molecule has 6 nitrogen and oxygen atoms in total. The van der Waals surface area contributed by atoms with Crippen LogP contribution in [0.3, 0.4) is 0 Å². The number of aromatic nitrogens is 2. The molecule has 1 fully saturated rings. The highest BCUT2D eigenvalue weighted by Crippen LogP contribution is 2.36. The SMILES string of the molecule is CC1CCc2c(sc3nc(C(C)N4CCCC4C(=O)N(C)C)[nH]c(=O)c23)C1. The smallest absolute Gasteiger partial charge is 0.259 e. The maximum atomic E-state index is 12.9. The molecule has 3 atom stereocenters. The molecule has 1 saturated heterocycles. The van der Waals surface area contributed by atoms with Gasteiger partial charge in [-0.25, -0.2) is 4.98 Å². The van der Waals surface area contributed by atoms with Crippen LogP contribution < -0.4 is 5.56 Å². The molecule has 1 N–H and O–H groups in total. The Morgan fingerprint density at radius 3 is 2.89 bits per heavy atom. The number of fused-ring (bicyclic) bond motifs is 3. The van der Waals surface area contributed by atoms with Gasteiger partial charge in [-0.05, 0) is 57.1 Å². The number of amides is 1. The Hall–Kier alpha value is -1.73. The van der Waals surface area contributed by atoms with Crippen LogP contribution in [0.5, 0.6) is 0 Å². The number of hydrogen-bond donors (Lipinski definition) is 1. The highest BCUT2D eigenvalue weighted by Gasteiger charge is 2.36. The van der Waals surface area contributed by atoms with E-state index in [4.69, 9.17) is 4.98 Å². The van der Waals surface area contributed by atoms with Crippen molar-refractivity contribution in [1.82, 2.24) is 19.8 Å². The fourth-order valence-electron chi connectivity index (χ4n) is 4.54. The van der Waals surface area contributed by atoms with E-state index in [0.717, 1.165) is 48.9 Å². The average Bonchev–Trinajstić information content (AvgIpc) is 3.24. The molecule has 7 heteroatoms. The van der Waals surface area contributed by atoms with Crippen LogP contribution in [0, 0.1) is 5.92 Å². The monoisotopic (exact) mass is 388 g/mol. The number of aromatic amines is 1. The molecular formula is C20H28N4O2S. The number of rotatable bonds is 3. The molecule has 27 heavy (non-hydrogen) atoms. The maximum absolute atomic E-state index is 12.9. The van der Waals surface area contributed by atoms with Gasteiger partial charge in [-0.3, -0.25) is 14.5 Å². The number of thiophene rings is 1. The van der Waals surface area contributed by atoms with Gasteiger partial charge in [0.1, 0.15) is 10.7 Å². The van der Waals surface area contributed by atoms with E-state index >= 15 is 0 Å². The van der Waals surface area contributed by atoms with E-state index in [1.165, 1.54) is 10.4 Å². The van der Waals surface area contributed by atoms with Crippen molar-refractivity contribution in [2.24, 2.45) is 5.92 Å². The van der Waals surface area contributed by atoms with Crippen molar-refractivity contribution in [3.63, 3.8) is 0 Å². The molecule has 1 amide bonds. The molecular weight excluding hydrogens is 360 g/mol. The second kappa shape index (κ2) is 7.02. The van der Waals surface area contributed by atoms with Crippen molar-refractivity contribution >= 4 is 27.5 Å². The lowest BCUT2D eigenvalue weighted by Gasteiger charge is -2.30. The number of hydrogen-bond acceptors (Lipinski definition) is 5. The van der Waals surface area contributed by atoms with E-state index in [9.17, 15) is 9.59 Å². The molecule has 0 saturated carbocycles. The molecule has 0 spiro atoms. The van der Waals surface area contributed by atoms with Crippen molar-refractivity contribution in [1.29, 1.82) is 0 Å². The Balaban J connectivity index is 1.70. The zero-order valence-corrected chi connectivity index (χ0v) is 17.4. The van der Waals surface area contributed by atoms with Crippen molar-refractivity contribution in [2.75, 3.05) is 20.6 Å². The molecule has 0 aromatic carbocycles. The summed E-state index contributed by atoms with van der Waals surface area (Å²) in [5.74, 6) is 1.48. The number of H-pyrrole nitrogens is 1. The van der Waals surface area contributed by atoms with Crippen LogP contribution in [0.15, 0.2) is 4.79 Å². The van der Waals surface area contributed by atoms with Crippen LogP contribution in [0.2, 0.25) is 0 Å². The summed E-state index contributed by atoms with van der Waals surface area (Å²) in [5.41, 5.74) is 1.19. The number of carbonyl (C=O) groups is 1. The van der Waals surface area contributed by atoms with Crippen LogP contribution in [-0.4, -0.2) is 52.4 Å². The van der Waals surface area contributed by atoms with Gasteiger partial charge >= 0.3 is 0 Å². The van der Waals surface area contributed by atoms with Crippen molar-refractivity contribution in [3.8, 4) is 0 Å². The summed E-state index contributed by atoms with van der Waals surface area (Å²) in [6, 6.07) is -0.218. The van der Waals surface area contributed by atoms with Crippen LogP contribution >= 0.6 is 11.3 Å². The summed E-state index contributed by atoms with van der Waals surface area (Å²) < 4.78 is 0. The van der Waals surface area contributed by atoms with Gasteiger partial charge in [0.25, 0.3) is 5.56 Å². The number of aryl methyl sites for hydroxylation is 1. The summed E-state index contributed by atoms with van der Waals surface area (Å²) in [7, 11) is 3.60. The van der Waals surface area contributed by atoms with Gasteiger partial charge in [-0.15, -0.1) is 11.3 Å². The van der Waals surface area contributed by atoms with E-state index in [1.54, 1.807) is 30.3 Å². The molecule has 4 rings (SSSR count). The molecule has 3 unspecified atom stereocenters. The number of nitrogens with zero attached hydrogens (tertiary/aromatic N) is 3. The van der Waals surface area contributed by atoms with Gasteiger partial charge in [0, 0.05) is 19.0 Å². The third-order valence-electron chi connectivity index (χ3n) is 6.10. The second-order valence-electron chi connectivity index (χ2n) is 8.29. The zero-order valence-electron chi connectivity index (χ0n) is 16.5. The molecule has 1 aliphatic carbocycles. The molecule has 146 valence electrons. The lowest BCUT2D eigenvalue weighted by molar-refractivity contribution is -0.134. The van der Waals surface area contributed by atoms with E-state index in [2.05, 4.69) is 16.8 Å². The van der Waals surface area contributed by atoms with Gasteiger partial charge in [0.05, 0.1) is 17.5 Å². The van der Waals surface area contributed by atoms with Crippen LogP contribution in [-0.2, 0) is 17.6 Å². The Morgan fingerprint density at radius 2 is 2.15 bits per heavy atom. The van der Waals surface area contributed by atoms with Crippen molar-refractivity contribution < 1.29 is 4.79 Å². The Labute approximate surface area is 163 Å². The Bertz CT molecular complexity index is 932. The van der Waals surface area contributed by atoms with Crippen LogP contribution in [0.4, 0.5) is 0 Å². The first kappa shape index (κ1) is 18.6. The van der Waals surface area contributed by atoms with Crippen molar-refractivity contribution in [2.45, 2.75) is 58.0 Å². The first-order valence-corrected chi connectivity index (χ1v) is 10.7. The maximum Gasteiger partial charge on any atom is 0.259 e. The fourth-order valence-corrected chi connectivity index (χ4v) is 5.93. The van der Waals surface area contributed by atoms with E-state index in [-0.39, 0.29) is 23.6 Å². The molecule has 0 bridgehead atoms. The quantitative estimate of drug-likeness (QED) is 0.878. The van der Waals surface area contributed by atoms with E-state index < -0.39 is 0 Å². The van der Waals surface area contributed by atoms with Crippen LogP contribution in [0.1, 0.15) is 55.4 Å². The summed E-state index contributed by atoms with van der Waals surface area (Å²) in [6.45, 7) is 5.17. The van der Waals surface area contributed by atoms with Gasteiger partial charge in [-0.2, -0.15) is 0 Å². The van der Waals surface area contributed by atoms with Gasteiger partial charge < -0.3 is 9.88 Å². The minimum absolute atomic E-state index is 0.0245. The fraction of sp³-hybridized carbons (Fsp3) is 0.650. The van der Waals surface area contributed by atoms with Gasteiger partial charge in [-0.1, -0.05) is 6.92 Å². The summed E-state index contributed by atoms with van der Waals surface area (Å²) in [4.78, 5) is 39.3. The largest absolute Gasteiger partial charge is 0.347 e. The van der Waals surface area contributed by atoms with Crippen molar-refractivity contribution in [3.05, 3.63) is 26.6 Å². The Morgan fingerprint density at radius 1 is 1.37 bits per heavy atom. The summed E-state index contributed by atoms with van der Waals surface area (Å²) >= 11 is 1.68. The third kappa shape index (κ3) is 3.21. The number of likely N-dealkylation sites (tertiary alicyclic amines) is 1. The standard InChI is InChI=1S/C20H28N4O2S/c1-11-7-8-13-15(10-11)27-19-16(13)18(25)21-17(22-19)12(2)24-9-5-6-14(24)20(26)23(3)4/h11-12,14H,5-10H2,1-4H3,(H,21,22,25). The normalized spacial score (nSPS) is 24.1. The van der Waals surface area contributed by atoms with E-state index in [1.807, 2.05) is 6.92 Å². The number of nitrogens with one attached hydrogen (secondary N) is 1. The molecule has 1 aliphatic heterocycles. The van der Waals surface area contributed by atoms with Gasteiger partial charge in [0.15, 0.2) is 0 Å². The number of likely N-dealkylation sites (N-methyl/N-ethyl adjacent to an activating group) is 1. The molecule has 2 aromatic heterocycles. The molecule has 0 radical (unpaired) electrons. The first-order valence-electron chi connectivity index (χ1n) is 9.88. The predicted molar refractivity (Wildman–Crippen MR) is 108 cm³/mol.